The number of phenols is 1. The van der Waals surface area contributed by atoms with E-state index < -0.39 is 34.6 Å². The first-order valence-corrected chi connectivity index (χ1v) is 11.2. The van der Waals surface area contributed by atoms with Crippen LogP contribution in [0.1, 0.15) is 61.6 Å². The summed E-state index contributed by atoms with van der Waals surface area (Å²) in [7, 11) is 0. The van der Waals surface area contributed by atoms with Gasteiger partial charge in [0.1, 0.15) is 5.75 Å². The maximum atomic E-state index is 13.9. The Labute approximate surface area is 188 Å². The fourth-order valence-corrected chi connectivity index (χ4v) is 6.41. The van der Waals surface area contributed by atoms with Gasteiger partial charge in [-0.1, -0.05) is 13.0 Å². The van der Waals surface area contributed by atoms with Crippen molar-refractivity contribution in [2.75, 3.05) is 0 Å². The highest BCUT2D eigenvalue weighted by Crippen LogP contribution is 2.60. The molecule has 0 heterocycles. The van der Waals surface area contributed by atoms with Crippen LogP contribution in [0, 0.1) is 46.3 Å². The highest BCUT2D eigenvalue weighted by atomic mass is 19.2. The lowest BCUT2D eigenvalue weighted by Gasteiger charge is -2.49. The van der Waals surface area contributed by atoms with Gasteiger partial charge in [0.25, 0.3) is 0 Å². The molecule has 0 saturated heterocycles. The highest BCUT2D eigenvalue weighted by molar-refractivity contribution is 5.93. The molecule has 0 amide bonds. The minimum Gasteiger partial charge on any atom is -0.508 e. The zero-order valence-electron chi connectivity index (χ0n) is 18.0. The number of rotatable bonds is 2. The first-order valence-electron chi connectivity index (χ1n) is 11.2. The van der Waals surface area contributed by atoms with Crippen LogP contribution in [0.2, 0.25) is 0 Å². The summed E-state index contributed by atoms with van der Waals surface area (Å²) in [5.41, 5.74) is 2.01. The Morgan fingerprint density at radius 3 is 2.36 bits per heavy atom. The van der Waals surface area contributed by atoms with Crippen LogP contribution in [0.15, 0.2) is 28.4 Å². The Hall–Kier alpha value is -2.77. The lowest BCUT2D eigenvalue weighted by molar-refractivity contribution is 0.0955. The van der Waals surface area contributed by atoms with Crippen molar-refractivity contribution >= 4 is 11.9 Å². The largest absolute Gasteiger partial charge is 0.508 e. The van der Waals surface area contributed by atoms with Crippen LogP contribution < -0.4 is 0 Å². The van der Waals surface area contributed by atoms with Crippen LogP contribution in [0.4, 0.5) is 22.0 Å². The summed E-state index contributed by atoms with van der Waals surface area (Å²) in [6, 6.07) is 5.63. The normalized spacial score (nSPS) is 29.9. The van der Waals surface area contributed by atoms with Crippen molar-refractivity contribution in [3.63, 3.8) is 0 Å². The summed E-state index contributed by atoms with van der Waals surface area (Å²) in [5, 5.41) is 17.8. The Balaban J connectivity index is 1.41. The predicted molar refractivity (Wildman–Crippen MR) is 114 cm³/mol. The van der Waals surface area contributed by atoms with Crippen molar-refractivity contribution in [1.29, 1.82) is 0 Å². The van der Waals surface area contributed by atoms with Gasteiger partial charge in [-0.15, -0.1) is 0 Å². The zero-order chi connectivity index (χ0) is 23.5. The van der Waals surface area contributed by atoms with Gasteiger partial charge in [-0.3, -0.25) is 0 Å². The number of hydrogen-bond donors (Lipinski definition) is 1. The Kier molecular flexibility index (Phi) is 5.29. The molecule has 2 saturated carbocycles. The van der Waals surface area contributed by atoms with E-state index in [4.69, 9.17) is 0 Å². The molecule has 0 radical (unpaired) electrons. The number of aromatic hydroxyl groups is 1. The highest BCUT2D eigenvalue weighted by Gasteiger charge is 2.53. The van der Waals surface area contributed by atoms with E-state index in [-0.39, 0.29) is 11.2 Å². The maximum absolute atomic E-state index is 13.9. The number of benzene rings is 2. The van der Waals surface area contributed by atoms with Crippen LogP contribution in [-0.2, 0) is 6.42 Å². The Bertz CT molecular complexity index is 1160. The molecular formula is C25H23F5N2O. The third-order valence-corrected chi connectivity index (χ3v) is 8.06. The zero-order valence-corrected chi connectivity index (χ0v) is 18.0. The van der Waals surface area contributed by atoms with Gasteiger partial charge in [0.05, 0.1) is 11.8 Å². The first kappa shape index (κ1) is 22.0. The molecule has 2 aromatic carbocycles. The lowest BCUT2D eigenvalue weighted by atomic mass is 9.55. The molecule has 0 aliphatic heterocycles. The molecular weight excluding hydrogens is 439 g/mol. The quantitative estimate of drug-likeness (QED) is 0.181. The molecule has 4 atom stereocenters. The summed E-state index contributed by atoms with van der Waals surface area (Å²) in [4.78, 5) is 0. The summed E-state index contributed by atoms with van der Waals surface area (Å²) in [5.74, 6) is -8.48. The van der Waals surface area contributed by atoms with Gasteiger partial charge in [0.15, 0.2) is 23.3 Å². The van der Waals surface area contributed by atoms with E-state index in [1.807, 2.05) is 12.1 Å². The van der Waals surface area contributed by atoms with Crippen LogP contribution >= 0.6 is 0 Å². The SMILES string of the molecule is C[C@]12CC[C@@H]3c4ccc(O)cc4CC[C@@H]3[C@@H]1CC/C2=N/N=C\c1c(F)c(F)c(F)c(F)c1F. The Morgan fingerprint density at radius 1 is 0.939 bits per heavy atom. The molecule has 2 fully saturated rings. The summed E-state index contributed by atoms with van der Waals surface area (Å²) >= 11 is 0. The molecule has 2 aromatic rings. The average molecular weight is 462 g/mol. The molecule has 0 spiro atoms. The van der Waals surface area contributed by atoms with E-state index in [1.165, 1.54) is 11.1 Å². The lowest BCUT2D eigenvalue weighted by Crippen LogP contribution is -2.42. The van der Waals surface area contributed by atoms with Crippen molar-refractivity contribution < 1.29 is 27.1 Å². The minimum absolute atomic E-state index is 0.219. The van der Waals surface area contributed by atoms with E-state index >= 15 is 0 Å². The number of halogens is 5. The van der Waals surface area contributed by atoms with Gasteiger partial charge >= 0.3 is 0 Å². The number of nitrogens with zero attached hydrogens (tertiary/aromatic N) is 2. The maximum Gasteiger partial charge on any atom is 0.200 e. The molecule has 8 heteroatoms. The molecule has 3 nitrogen and oxygen atoms in total. The van der Waals surface area contributed by atoms with Gasteiger partial charge in [-0.05, 0) is 79.5 Å². The Morgan fingerprint density at radius 2 is 1.64 bits per heavy atom. The fraction of sp³-hybridized carbons (Fsp3) is 0.440. The van der Waals surface area contributed by atoms with Gasteiger partial charge in [-0.25, -0.2) is 22.0 Å². The second-order valence-corrected chi connectivity index (χ2v) is 9.57. The number of fused-ring (bicyclic) bond motifs is 5. The summed E-state index contributed by atoms with van der Waals surface area (Å²) in [6.07, 6.45) is 5.95. The van der Waals surface area contributed by atoms with Gasteiger partial charge < -0.3 is 5.11 Å². The van der Waals surface area contributed by atoms with E-state index in [0.29, 0.717) is 30.4 Å². The number of aryl methyl sites for hydroxylation is 1. The summed E-state index contributed by atoms with van der Waals surface area (Å²) < 4.78 is 67.9. The second-order valence-electron chi connectivity index (χ2n) is 9.57. The second kappa shape index (κ2) is 7.92. The average Bonchev–Trinajstić information content (AvgIpc) is 3.14. The molecule has 1 N–H and O–H groups in total. The molecule has 33 heavy (non-hydrogen) atoms. The van der Waals surface area contributed by atoms with E-state index in [9.17, 15) is 27.1 Å². The third-order valence-electron chi connectivity index (χ3n) is 8.06. The molecule has 0 aromatic heterocycles. The molecule has 0 bridgehead atoms. The first-order chi connectivity index (χ1) is 15.7. The van der Waals surface area contributed by atoms with Crippen molar-refractivity contribution in [3.05, 3.63) is 64.0 Å². The van der Waals surface area contributed by atoms with Crippen LogP contribution in [0.3, 0.4) is 0 Å². The van der Waals surface area contributed by atoms with Crippen molar-refractivity contribution in [2.24, 2.45) is 27.5 Å². The van der Waals surface area contributed by atoms with Gasteiger partial charge in [-0.2, -0.15) is 10.2 Å². The van der Waals surface area contributed by atoms with Crippen LogP contribution in [-0.4, -0.2) is 17.0 Å². The standard InChI is InChI=1S/C25H23F5N2O/c1-25-9-8-15-14-5-3-13(33)10-12(14)2-4-16(15)18(25)6-7-19(25)32-31-11-17-20(26)22(28)24(30)23(29)21(17)27/h3,5,10-11,15-16,18,33H,2,4,6-9H2,1H3/b31-11-,32-19-/t15-,16+,18+,25+/m1/s1. The molecule has 5 rings (SSSR count). The van der Waals surface area contributed by atoms with Crippen molar-refractivity contribution in [1.82, 2.24) is 0 Å². The molecule has 0 unspecified atom stereocenters. The number of hydrogen-bond acceptors (Lipinski definition) is 3. The monoisotopic (exact) mass is 462 g/mol. The minimum atomic E-state index is -2.19. The fourth-order valence-electron chi connectivity index (χ4n) is 6.41. The predicted octanol–water partition coefficient (Wildman–Crippen LogP) is 6.42. The third kappa shape index (κ3) is 3.37. The van der Waals surface area contributed by atoms with Gasteiger partial charge in [0.2, 0.25) is 5.82 Å². The molecule has 3 aliphatic carbocycles. The van der Waals surface area contributed by atoms with Crippen LogP contribution in [0.5, 0.6) is 5.75 Å². The van der Waals surface area contributed by atoms with Gasteiger partial charge in [0, 0.05) is 11.1 Å². The summed E-state index contributed by atoms with van der Waals surface area (Å²) in [6.45, 7) is 2.14. The van der Waals surface area contributed by atoms with Crippen LogP contribution in [0.25, 0.3) is 0 Å². The topological polar surface area (TPSA) is 45.0 Å². The van der Waals surface area contributed by atoms with E-state index in [0.717, 1.165) is 37.8 Å². The van der Waals surface area contributed by atoms with Crippen molar-refractivity contribution in [3.8, 4) is 5.75 Å². The van der Waals surface area contributed by atoms with E-state index in [2.05, 4.69) is 17.1 Å². The van der Waals surface area contributed by atoms with E-state index in [1.54, 1.807) is 6.07 Å². The number of phenolic OH excluding ortho intramolecular Hbond substituents is 1. The smallest absolute Gasteiger partial charge is 0.200 e. The molecule has 3 aliphatic rings. The van der Waals surface area contributed by atoms with Crippen molar-refractivity contribution in [2.45, 2.75) is 51.4 Å². The molecule has 174 valence electrons.